The van der Waals surface area contributed by atoms with Crippen molar-refractivity contribution >= 4 is 17.1 Å². The minimum Gasteiger partial charge on any atom is -0.454 e. The van der Waals surface area contributed by atoms with Gasteiger partial charge in [-0.25, -0.2) is 4.98 Å². The number of carbonyl (C=O) groups is 1. The van der Waals surface area contributed by atoms with E-state index in [1.165, 1.54) is 0 Å². The molecule has 1 saturated carbocycles. The predicted molar refractivity (Wildman–Crippen MR) is 104 cm³/mol. The molecule has 1 fully saturated rings. The number of hydrogen-bond acceptors (Lipinski definition) is 5. The van der Waals surface area contributed by atoms with Crippen molar-refractivity contribution in [2.24, 2.45) is 0 Å². The molecule has 0 N–H and O–H groups in total. The second-order valence-corrected chi connectivity index (χ2v) is 8.26. The minimum absolute atomic E-state index is 0.255. The number of Topliss-reactive ketones (excluding diaryl/α,β-unsaturated/α-hetero) is 1. The van der Waals surface area contributed by atoms with Gasteiger partial charge in [0.15, 0.2) is 11.5 Å². The first-order chi connectivity index (χ1) is 13.1. The van der Waals surface area contributed by atoms with E-state index in [0.29, 0.717) is 6.42 Å². The highest BCUT2D eigenvalue weighted by Crippen LogP contribution is 2.51. The third-order valence-electron chi connectivity index (χ3n) is 5.44. The molecule has 1 aliphatic heterocycles. The van der Waals surface area contributed by atoms with Gasteiger partial charge < -0.3 is 9.47 Å². The SMILES string of the molecule is Cc1nc(-c2ccc(CC(=O)C3(c4ccc5c(c4)OCO5)CC3)cc2)cs1. The lowest BCUT2D eigenvalue weighted by Gasteiger charge is -2.15. The first-order valence-electron chi connectivity index (χ1n) is 9.09. The van der Waals surface area contributed by atoms with Crippen LogP contribution in [0.3, 0.4) is 0 Å². The fourth-order valence-corrected chi connectivity index (χ4v) is 4.31. The topological polar surface area (TPSA) is 48.4 Å². The molecule has 2 aromatic carbocycles. The fourth-order valence-electron chi connectivity index (χ4n) is 3.69. The summed E-state index contributed by atoms with van der Waals surface area (Å²) in [6, 6.07) is 14.1. The third kappa shape index (κ3) is 2.92. The van der Waals surface area contributed by atoms with Gasteiger partial charge in [0, 0.05) is 17.4 Å². The molecule has 1 aliphatic carbocycles. The molecule has 0 atom stereocenters. The molecule has 0 amide bonds. The molecule has 5 rings (SSSR count). The molecule has 136 valence electrons. The van der Waals surface area contributed by atoms with E-state index in [9.17, 15) is 4.79 Å². The average molecular weight is 377 g/mol. The number of aryl methyl sites for hydroxylation is 1. The zero-order valence-electron chi connectivity index (χ0n) is 15.0. The highest BCUT2D eigenvalue weighted by Gasteiger charge is 2.50. The lowest BCUT2D eigenvalue weighted by atomic mass is 9.87. The van der Waals surface area contributed by atoms with Gasteiger partial charge in [0.25, 0.3) is 0 Å². The van der Waals surface area contributed by atoms with Gasteiger partial charge in [-0.2, -0.15) is 0 Å². The van der Waals surface area contributed by atoms with E-state index >= 15 is 0 Å². The van der Waals surface area contributed by atoms with E-state index in [4.69, 9.17) is 9.47 Å². The monoisotopic (exact) mass is 377 g/mol. The lowest BCUT2D eigenvalue weighted by molar-refractivity contribution is -0.120. The van der Waals surface area contributed by atoms with Crippen molar-refractivity contribution < 1.29 is 14.3 Å². The van der Waals surface area contributed by atoms with Crippen LogP contribution in [0.15, 0.2) is 47.8 Å². The van der Waals surface area contributed by atoms with E-state index in [1.807, 2.05) is 37.3 Å². The van der Waals surface area contributed by atoms with Gasteiger partial charge in [-0.1, -0.05) is 30.3 Å². The maximum absolute atomic E-state index is 13.1. The molecule has 4 nitrogen and oxygen atoms in total. The first-order valence-corrected chi connectivity index (χ1v) is 9.97. The molecule has 2 heterocycles. The Morgan fingerprint density at radius 2 is 1.89 bits per heavy atom. The van der Waals surface area contributed by atoms with Crippen LogP contribution in [0.4, 0.5) is 0 Å². The van der Waals surface area contributed by atoms with Gasteiger partial charge in [0.2, 0.25) is 6.79 Å². The van der Waals surface area contributed by atoms with Gasteiger partial charge in [0.1, 0.15) is 5.78 Å². The van der Waals surface area contributed by atoms with Crippen molar-refractivity contribution in [1.82, 2.24) is 4.98 Å². The second-order valence-electron chi connectivity index (χ2n) is 7.20. The summed E-state index contributed by atoms with van der Waals surface area (Å²) in [7, 11) is 0. The third-order valence-corrected chi connectivity index (χ3v) is 6.22. The number of carbonyl (C=O) groups excluding carboxylic acids is 1. The first kappa shape index (κ1) is 16.5. The molecule has 0 radical (unpaired) electrons. The summed E-state index contributed by atoms with van der Waals surface area (Å²) in [5.74, 6) is 1.78. The van der Waals surface area contributed by atoms with Crippen LogP contribution in [-0.2, 0) is 16.6 Å². The standard InChI is InChI=1S/C22H19NO3S/c1-14-23-18(12-27-14)16-4-2-15(3-5-16)10-21(24)22(8-9-22)17-6-7-19-20(11-17)26-13-25-19/h2-7,11-12H,8-10,13H2,1H3. The van der Waals surface area contributed by atoms with Crippen molar-refractivity contribution in [1.29, 1.82) is 0 Å². The summed E-state index contributed by atoms with van der Waals surface area (Å²) in [6.07, 6.45) is 2.26. The number of thiazole rings is 1. The lowest BCUT2D eigenvalue weighted by Crippen LogP contribution is -2.22. The zero-order chi connectivity index (χ0) is 18.4. The van der Waals surface area contributed by atoms with Crippen LogP contribution in [0.2, 0.25) is 0 Å². The summed E-state index contributed by atoms with van der Waals surface area (Å²) >= 11 is 1.65. The number of rotatable bonds is 5. The van der Waals surface area contributed by atoms with E-state index in [0.717, 1.165) is 51.7 Å². The van der Waals surface area contributed by atoms with E-state index in [2.05, 4.69) is 22.5 Å². The van der Waals surface area contributed by atoms with Crippen LogP contribution in [-0.4, -0.2) is 17.6 Å². The van der Waals surface area contributed by atoms with Crippen LogP contribution in [0.1, 0.15) is 29.0 Å². The Balaban J connectivity index is 1.34. The number of ketones is 1. The van der Waals surface area contributed by atoms with Crippen LogP contribution < -0.4 is 9.47 Å². The molecular formula is C22H19NO3S. The quantitative estimate of drug-likeness (QED) is 0.647. The smallest absolute Gasteiger partial charge is 0.231 e. The van der Waals surface area contributed by atoms with Crippen molar-refractivity contribution in [2.75, 3.05) is 6.79 Å². The normalized spacial score (nSPS) is 16.3. The number of fused-ring (bicyclic) bond motifs is 1. The molecule has 1 aromatic heterocycles. The molecule has 0 spiro atoms. The summed E-state index contributed by atoms with van der Waals surface area (Å²) in [4.78, 5) is 17.6. The van der Waals surface area contributed by atoms with Crippen molar-refractivity contribution in [3.63, 3.8) is 0 Å². The van der Waals surface area contributed by atoms with Crippen LogP contribution in [0.5, 0.6) is 11.5 Å². The molecule has 0 saturated heterocycles. The Bertz CT molecular complexity index is 1020. The Hall–Kier alpha value is -2.66. The maximum Gasteiger partial charge on any atom is 0.231 e. The van der Waals surface area contributed by atoms with E-state index in [1.54, 1.807) is 11.3 Å². The molecule has 0 bridgehead atoms. The van der Waals surface area contributed by atoms with Gasteiger partial charge in [-0.15, -0.1) is 11.3 Å². The second kappa shape index (κ2) is 6.20. The zero-order valence-corrected chi connectivity index (χ0v) is 15.8. The van der Waals surface area contributed by atoms with Gasteiger partial charge in [-0.05, 0) is 43.0 Å². The maximum atomic E-state index is 13.1. The summed E-state index contributed by atoms with van der Waals surface area (Å²) in [5.41, 5.74) is 3.82. The van der Waals surface area contributed by atoms with Crippen LogP contribution in [0, 0.1) is 6.92 Å². The largest absolute Gasteiger partial charge is 0.454 e. The highest BCUT2D eigenvalue weighted by molar-refractivity contribution is 7.09. The van der Waals surface area contributed by atoms with E-state index in [-0.39, 0.29) is 18.0 Å². The van der Waals surface area contributed by atoms with Crippen LogP contribution >= 0.6 is 11.3 Å². The molecule has 3 aromatic rings. The van der Waals surface area contributed by atoms with Crippen molar-refractivity contribution in [3.05, 3.63) is 64.0 Å². The van der Waals surface area contributed by atoms with Crippen molar-refractivity contribution in [3.8, 4) is 22.8 Å². The Kier molecular flexibility index (Phi) is 3.79. The van der Waals surface area contributed by atoms with Crippen LogP contribution in [0.25, 0.3) is 11.3 Å². The molecule has 0 unspecified atom stereocenters. The summed E-state index contributed by atoms with van der Waals surface area (Å²) in [5, 5.41) is 3.12. The predicted octanol–water partition coefficient (Wildman–Crippen LogP) is 4.69. The van der Waals surface area contributed by atoms with Gasteiger partial charge >= 0.3 is 0 Å². The number of benzene rings is 2. The highest BCUT2D eigenvalue weighted by atomic mass is 32.1. The van der Waals surface area contributed by atoms with Crippen molar-refractivity contribution in [2.45, 2.75) is 31.6 Å². The average Bonchev–Trinajstić information content (AvgIpc) is 3.16. The number of ether oxygens (including phenoxy) is 2. The van der Waals surface area contributed by atoms with E-state index < -0.39 is 0 Å². The number of aromatic nitrogens is 1. The van der Waals surface area contributed by atoms with Gasteiger partial charge in [0.05, 0.1) is 16.1 Å². The summed E-state index contributed by atoms with van der Waals surface area (Å²) in [6.45, 7) is 2.26. The fraction of sp³-hybridized carbons (Fsp3) is 0.273. The Labute approximate surface area is 161 Å². The van der Waals surface area contributed by atoms with Gasteiger partial charge in [-0.3, -0.25) is 4.79 Å². The Morgan fingerprint density at radius 1 is 1.11 bits per heavy atom. The molecule has 2 aliphatic rings. The number of hydrogen-bond donors (Lipinski definition) is 0. The molecular weight excluding hydrogens is 358 g/mol. The Morgan fingerprint density at radius 3 is 2.59 bits per heavy atom. The molecule has 27 heavy (non-hydrogen) atoms. The minimum atomic E-state index is -0.355. The number of nitrogens with zero attached hydrogens (tertiary/aromatic N) is 1. The molecule has 5 heteroatoms. The summed E-state index contributed by atoms with van der Waals surface area (Å²) < 4.78 is 10.9.